The molecular weight excluding hydrogens is 586 g/mol. The van der Waals surface area contributed by atoms with Crippen molar-refractivity contribution in [2.45, 2.75) is 25.3 Å². The summed E-state index contributed by atoms with van der Waals surface area (Å²) in [6.07, 6.45) is 2.58. The van der Waals surface area contributed by atoms with Crippen molar-refractivity contribution in [1.82, 2.24) is 24.7 Å². The lowest BCUT2D eigenvalue weighted by Crippen LogP contribution is -2.51. The molecule has 2 saturated heterocycles. The highest BCUT2D eigenvalue weighted by Crippen LogP contribution is 2.30. The smallest absolute Gasteiger partial charge is 0.291 e. The number of rotatable bonds is 7. The zero-order valence-electron chi connectivity index (χ0n) is 23.5. The normalized spacial score (nSPS) is 16.7. The van der Waals surface area contributed by atoms with Crippen molar-refractivity contribution >= 4 is 40.9 Å². The van der Waals surface area contributed by atoms with Crippen LogP contribution in [0.1, 0.15) is 40.2 Å². The molecule has 2 aliphatic rings. The van der Waals surface area contributed by atoms with Crippen molar-refractivity contribution in [2.24, 2.45) is 7.05 Å². The molecule has 0 bridgehead atoms. The maximum atomic E-state index is 14.6. The van der Waals surface area contributed by atoms with Crippen LogP contribution in [0.25, 0.3) is 11.3 Å². The van der Waals surface area contributed by atoms with Gasteiger partial charge < -0.3 is 29.7 Å². The SMILES string of the molecule is COc1ccc(-c2cnc(C(=O)Nc3ccc(C(=O)N4CCN(C(=O)CC5CCC(=O)N5)CC4)c(Cl)c3)n2C)c(F)c1F. The predicted molar refractivity (Wildman–Crippen MR) is 153 cm³/mol. The van der Waals surface area contributed by atoms with Crippen LogP contribution in [0.5, 0.6) is 5.75 Å². The number of aromatic nitrogens is 2. The molecule has 2 aromatic carbocycles. The lowest BCUT2D eigenvalue weighted by atomic mass is 10.1. The first-order valence-corrected chi connectivity index (χ1v) is 14.0. The second kappa shape index (κ2) is 12.4. The van der Waals surface area contributed by atoms with Gasteiger partial charge in [-0.1, -0.05) is 11.6 Å². The molecule has 0 saturated carbocycles. The molecule has 3 aromatic rings. The van der Waals surface area contributed by atoms with E-state index in [1.165, 1.54) is 55.3 Å². The van der Waals surface area contributed by atoms with Crippen LogP contribution in [-0.2, 0) is 16.6 Å². The number of benzene rings is 2. The molecule has 5 rings (SSSR count). The van der Waals surface area contributed by atoms with Gasteiger partial charge in [-0.2, -0.15) is 4.39 Å². The van der Waals surface area contributed by atoms with Crippen molar-refractivity contribution in [3.05, 3.63) is 64.6 Å². The van der Waals surface area contributed by atoms with Crippen LogP contribution < -0.4 is 15.4 Å². The van der Waals surface area contributed by atoms with E-state index in [-0.39, 0.29) is 63.6 Å². The van der Waals surface area contributed by atoms with E-state index < -0.39 is 17.5 Å². The Morgan fingerprint density at radius 3 is 2.47 bits per heavy atom. The van der Waals surface area contributed by atoms with E-state index in [2.05, 4.69) is 15.6 Å². The van der Waals surface area contributed by atoms with Crippen LogP contribution >= 0.6 is 11.6 Å². The van der Waals surface area contributed by atoms with Crippen LogP contribution in [0.2, 0.25) is 5.02 Å². The van der Waals surface area contributed by atoms with Crippen LogP contribution in [0.4, 0.5) is 14.5 Å². The minimum atomic E-state index is -1.15. The van der Waals surface area contributed by atoms with Gasteiger partial charge in [-0.25, -0.2) is 9.37 Å². The van der Waals surface area contributed by atoms with Gasteiger partial charge in [-0.15, -0.1) is 0 Å². The lowest BCUT2D eigenvalue weighted by Gasteiger charge is -2.35. The average molecular weight is 615 g/mol. The molecule has 11 nitrogen and oxygen atoms in total. The molecule has 226 valence electrons. The van der Waals surface area contributed by atoms with Crippen molar-refractivity contribution in [2.75, 3.05) is 38.6 Å². The zero-order chi connectivity index (χ0) is 30.8. The number of hydrogen-bond acceptors (Lipinski definition) is 6. The van der Waals surface area contributed by atoms with E-state index in [1.807, 2.05) is 0 Å². The Morgan fingerprint density at radius 2 is 1.81 bits per heavy atom. The van der Waals surface area contributed by atoms with Crippen LogP contribution in [0, 0.1) is 11.6 Å². The lowest BCUT2D eigenvalue weighted by molar-refractivity contribution is -0.133. The average Bonchev–Trinajstić information content (AvgIpc) is 3.58. The third-order valence-corrected chi connectivity index (χ3v) is 7.93. The first-order valence-electron chi connectivity index (χ1n) is 13.6. The highest BCUT2D eigenvalue weighted by Gasteiger charge is 2.29. The summed E-state index contributed by atoms with van der Waals surface area (Å²) >= 11 is 6.43. The van der Waals surface area contributed by atoms with E-state index in [0.29, 0.717) is 44.7 Å². The van der Waals surface area contributed by atoms with Gasteiger partial charge in [0.15, 0.2) is 17.4 Å². The van der Waals surface area contributed by atoms with Gasteiger partial charge in [0.25, 0.3) is 11.8 Å². The molecule has 3 heterocycles. The quantitative estimate of drug-likeness (QED) is 0.421. The first kappa shape index (κ1) is 30.0. The number of carbonyl (C=O) groups excluding carboxylic acids is 4. The minimum Gasteiger partial charge on any atom is -0.494 e. The van der Waals surface area contributed by atoms with Crippen molar-refractivity contribution in [3.63, 3.8) is 0 Å². The summed E-state index contributed by atoms with van der Waals surface area (Å²) in [5.41, 5.74) is 0.623. The summed E-state index contributed by atoms with van der Waals surface area (Å²) in [6, 6.07) is 6.93. The predicted octanol–water partition coefficient (Wildman–Crippen LogP) is 3.23. The Hall–Kier alpha value is -4.52. The molecule has 1 atom stereocenters. The largest absolute Gasteiger partial charge is 0.494 e. The fraction of sp³-hybridized carbons (Fsp3) is 0.345. The molecule has 2 N–H and O–H groups in total. The topological polar surface area (TPSA) is 126 Å². The van der Waals surface area contributed by atoms with E-state index in [9.17, 15) is 28.0 Å². The Bertz CT molecular complexity index is 1600. The highest BCUT2D eigenvalue weighted by atomic mass is 35.5. The number of carbonyl (C=O) groups is 4. The van der Waals surface area contributed by atoms with Gasteiger partial charge in [-0.3, -0.25) is 19.2 Å². The number of halogens is 3. The van der Waals surface area contributed by atoms with Gasteiger partial charge in [-0.05, 0) is 36.8 Å². The molecule has 2 aliphatic heterocycles. The fourth-order valence-corrected chi connectivity index (χ4v) is 5.47. The Balaban J connectivity index is 1.20. The standard InChI is InChI=1S/C29H29ClF2N6O5/c1-36-21(19-6-7-22(43-2)26(32)25(19)31)15-33-27(36)28(41)35-16-3-5-18(20(30)13-16)29(42)38-11-9-37(10-12-38)24(40)14-17-4-8-23(39)34-17/h3,5-7,13,15,17H,4,8-12,14H2,1-2H3,(H,34,39)(H,35,41). The summed E-state index contributed by atoms with van der Waals surface area (Å²) in [5.74, 6) is -3.62. The van der Waals surface area contributed by atoms with Crippen molar-refractivity contribution in [3.8, 4) is 17.0 Å². The number of hydrogen-bond donors (Lipinski definition) is 2. The van der Waals surface area contributed by atoms with E-state index in [1.54, 1.807) is 9.80 Å². The number of ether oxygens (including phenoxy) is 1. The Morgan fingerprint density at radius 1 is 1.09 bits per heavy atom. The van der Waals surface area contributed by atoms with Crippen LogP contribution in [-0.4, -0.2) is 82.3 Å². The summed E-state index contributed by atoms with van der Waals surface area (Å²) in [7, 11) is 2.72. The summed E-state index contributed by atoms with van der Waals surface area (Å²) in [5, 5.41) is 5.57. The minimum absolute atomic E-state index is 0.0410. The first-order chi connectivity index (χ1) is 20.6. The van der Waals surface area contributed by atoms with Crippen LogP contribution in [0.3, 0.4) is 0 Å². The maximum absolute atomic E-state index is 14.6. The maximum Gasteiger partial charge on any atom is 0.291 e. The molecule has 43 heavy (non-hydrogen) atoms. The van der Waals surface area contributed by atoms with Crippen LogP contribution in [0.15, 0.2) is 36.5 Å². The number of nitrogens with zero attached hydrogens (tertiary/aromatic N) is 4. The van der Waals surface area contributed by atoms with Gasteiger partial charge in [0, 0.05) is 63.4 Å². The molecular formula is C29H29ClF2N6O5. The monoisotopic (exact) mass is 614 g/mol. The van der Waals surface area contributed by atoms with E-state index in [4.69, 9.17) is 16.3 Å². The number of amides is 4. The third kappa shape index (κ3) is 6.17. The summed E-state index contributed by atoms with van der Waals surface area (Å²) in [4.78, 5) is 57.5. The van der Waals surface area contributed by atoms with Gasteiger partial charge in [0.1, 0.15) is 0 Å². The third-order valence-electron chi connectivity index (χ3n) is 7.62. The molecule has 2 fully saturated rings. The molecule has 14 heteroatoms. The molecule has 4 amide bonds. The van der Waals surface area contributed by atoms with Gasteiger partial charge >= 0.3 is 0 Å². The Kier molecular flexibility index (Phi) is 8.62. The number of piperazine rings is 1. The molecule has 1 aromatic heterocycles. The van der Waals surface area contributed by atoms with E-state index >= 15 is 0 Å². The summed E-state index contributed by atoms with van der Waals surface area (Å²) < 4.78 is 35.0. The second-order valence-electron chi connectivity index (χ2n) is 10.3. The number of methoxy groups -OCH3 is 1. The van der Waals surface area contributed by atoms with E-state index in [0.717, 1.165) is 0 Å². The fourth-order valence-electron chi connectivity index (χ4n) is 5.21. The number of anilines is 1. The molecule has 0 radical (unpaired) electrons. The summed E-state index contributed by atoms with van der Waals surface area (Å²) in [6.45, 7) is 1.40. The molecule has 1 unspecified atom stereocenters. The van der Waals surface area contributed by atoms with Crippen molar-refractivity contribution in [1.29, 1.82) is 0 Å². The second-order valence-corrected chi connectivity index (χ2v) is 10.7. The Labute approximate surface area is 250 Å². The zero-order valence-corrected chi connectivity index (χ0v) is 24.2. The molecule has 0 aliphatic carbocycles. The van der Waals surface area contributed by atoms with Gasteiger partial charge in [0.2, 0.25) is 17.6 Å². The molecule has 0 spiro atoms. The van der Waals surface area contributed by atoms with Gasteiger partial charge in [0.05, 0.1) is 29.6 Å². The number of nitrogens with one attached hydrogen (secondary N) is 2. The number of imidazole rings is 1. The highest BCUT2D eigenvalue weighted by molar-refractivity contribution is 6.34. The van der Waals surface area contributed by atoms with Crippen molar-refractivity contribution < 1.29 is 32.7 Å².